The van der Waals surface area contributed by atoms with Crippen molar-refractivity contribution < 1.29 is 23.4 Å². The quantitative estimate of drug-likeness (QED) is 0.558. The lowest BCUT2D eigenvalue weighted by molar-refractivity contribution is 0.0940. The third-order valence-electron chi connectivity index (χ3n) is 4.18. The zero-order valence-corrected chi connectivity index (χ0v) is 18.3. The summed E-state index contributed by atoms with van der Waals surface area (Å²) in [5.74, 6) is 0.475. The van der Waals surface area contributed by atoms with E-state index in [4.69, 9.17) is 19.9 Å². The first-order valence-electron chi connectivity index (χ1n) is 10.0. The van der Waals surface area contributed by atoms with E-state index in [0.717, 1.165) is 0 Å². The van der Waals surface area contributed by atoms with E-state index in [-0.39, 0.29) is 29.7 Å². The monoisotopic (exact) mass is 418 g/mol. The predicted octanol–water partition coefficient (Wildman–Crippen LogP) is 4.42. The zero-order chi connectivity index (χ0) is 22.3. The van der Waals surface area contributed by atoms with Gasteiger partial charge in [0.05, 0.1) is 26.0 Å². The Bertz CT molecular complexity index is 869. The first-order chi connectivity index (χ1) is 14.2. The molecule has 0 aliphatic heterocycles. The fourth-order valence-corrected chi connectivity index (χ4v) is 2.67. The first-order valence-corrected chi connectivity index (χ1v) is 10.0. The van der Waals surface area contributed by atoms with Crippen molar-refractivity contribution in [3.8, 4) is 17.2 Å². The summed E-state index contributed by atoms with van der Waals surface area (Å²) in [5.41, 5.74) is 7.30. The number of amides is 1. The van der Waals surface area contributed by atoms with Crippen LogP contribution >= 0.6 is 0 Å². The minimum absolute atomic E-state index is 0.127. The smallest absolute Gasteiger partial charge is 0.259 e. The van der Waals surface area contributed by atoms with Gasteiger partial charge in [0.15, 0.2) is 17.3 Å². The molecule has 30 heavy (non-hydrogen) atoms. The number of hydrogen-bond donors (Lipinski definition) is 2. The summed E-state index contributed by atoms with van der Waals surface area (Å²) in [6, 6.07) is 7.87. The van der Waals surface area contributed by atoms with Gasteiger partial charge in [0.1, 0.15) is 11.3 Å². The van der Waals surface area contributed by atoms with E-state index in [2.05, 4.69) is 5.32 Å². The number of ether oxygens (including phenoxy) is 3. The molecule has 6 nitrogen and oxygen atoms in total. The average molecular weight is 419 g/mol. The molecular formula is C23H31FN2O4. The lowest BCUT2D eigenvalue weighted by atomic mass is 10.1. The number of nitrogens with one attached hydrogen (secondary N) is 1. The Morgan fingerprint density at radius 1 is 1.03 bits per heavy atom. The molecule has 0 unspecified atom stereocenters. The van der Waals surface area contributed by atoms with Crippen LogP contribution in [0.25, 0.3) is 0 Å². The second kappa shape index (κ2) is 10.7. The van der Waals surface area contributed by atoms with Crippen LogP contribution in [-0.4, -0.2) is 26.2 Å². The minimum atomic E-state index is -0.491. The molecule has 2 aromatic rings. The molecule has 0 heterocycles. The molecule has 3 N–H and O–H groups in total. The van der Waals surface area contributed by atoms with E-state index in [1.807, 2.05) is 27.7 Å². The van der Waals surface area contributed by atoms with Gasteiger partial charge < -0.3 is 25.3 Å². The Labute approximate surface area is 177 Å². The predicted molar refractivity (Wildman–Crippen MR) is 116 cm³/mol. The van der Waals surface area contributed by atoms with Gasteiger partial charge in [-0.05, 0) is 41.7 Å². The molecule has 0 spiro atoms. The molecular weight excluding hydrogens is 387 g/mol. The molecule has 164 valence electrons. The van der Waals surface area contributed by atoms with Gasteiger partial charge in [0, 0.05) is 6.54 Å². The molecule has 0 aliphatic rings. The first kappa shape index (κ1) is 23.3. The minimum Gasteiger partial charge on any atom is -0.494 e. The summed E-state index contributed by atoms with van der Waals surface area (Å²) >= 11 is 0. The van der Waals surface area contributed by atoms with E-state index in [1.165, 1.54) is 19.2 Å². The topological polar surface area (TPSA) is 82.8 Å². The van der Waals surface area contributed by atoms with Crippen LogP contribution in [0.3, 0.4) is 0 Å². The lowest BCUT2D eigenvalue weighted by Crippen LogP contribution is -2.25. The number of methoxy groups -OCH3 is 1. The van der Waals surface area contributed by atoms with Crippen molar-refractivity contribution in [1.29, 1.82) is 0 Å². The SMILES string of the molecule is COc1ccc(CNC(=O)c2c(OCC(C)C)ccc(N)c2OCC(C)C)cc1F. The van der Waals surface area contributed by atoms with Gasteiger partial charge in [0.2, 0.25) is 0 Å². The zero-order valence-electron chi connectivity index (χ0n) is 18.3. The fraction of sp³-hybridized carbons (Fsp3) is 0.435. The van der Waals surface area contributed by atoms with Crippen molar-refractivity contribution in [2.75, 3.05) is 26.1 Å². The highest BCUT2D eigenvalue weighted by atomic mass is 19.1. The van der Waals surface area contributed by atoms with Gasteiger partial charge in [-0.25, -0.2) is 4.39 Å². The maximum Gasteiger partial charge on any atom is 0.259 e. The van der Waals surface area contributed by atoms with Crippen molar-refractivity contribution >= 4 is 11.6 Å². The van der Waals surface area contributed by atoms with Gasteiger partial charge in [-0.3, -0.25) is 4.79 Å². The van der Waals surface area contributed by atoms with Crippen LogP contribution in [0.5, 0.6) is 17.2 Å². The second-order valence-electron chi connectivity index (χ2n) is 7.92. The highest BCUT2D eigenvalue weighted by Gasteiger charge is 2.22. The Balaban J connectivity index is 2.29. The second-order valence-corrected chi connectivity index (χ2v) is 7.92. The molecule has 0 atom stereocenters. The summed E-state index contributed by atoms with van der Waals surface area (Å²) in [4.78, 5) is 13.1. The highest BCUT2D eigenvalue weighted by Crippen LogP contribution is 2.35. The Morgan fingerprint density at radius 3 is 2.27 bits per heavy atom. The number of carbonyl (C=O) groups excluding carboxylic acids is 1. The molecule has 2 rings (SSSR count). The molecule has 0 radical (unpaired) electrons. The van der Waals surface area contributed by atoms with Crippen molar-refractivity contribution in [2.24, 2.45) is 11.8 Å². The molecule has 0 bridgehead atoms. The number of anilines is 1. The summed E-state index contributed by atoms with van der Waals surface area (Å²) < 4.78 is 30.6. The van der Waals surface area contributed by atoms with Gasteiger partial charge >= 0.3 is 0 Å². The number of nitrogens with two attached hydrogens (primary N) is 1. The van der Waals surface area contributed by atoms with Crippen molar-refractivity contribution in [3.63, 3.8) is 0 Å². The van der Waals surface area contributed by atoms with Gasteiger partial charge in [-0.15, -0.1) is 0 Å². The third kappa shape index (κ3) is 6.27. The number of benzene rings is 2. The normalized spacial score (nSPS) is 10.9. The Morgan fingerprint density at radius 2 is 1.67 bits per heavy atom. The third-order valence-corrected chi connectivity index (χ3v) is 4.18. The average Bonchev–Trinajstić information content (AvgIpc) is 2.69. The maximum atomic E-state index is 13.9. The fourth-order valence-electron chi connectivity index (χ4n) is 2.67. The van der Waals surface area contributed by atoms with Crippen LogP contribution in [0.4, 0.5) is 10.1 Å². The summed E-state index contributed by atoms with van der Waals surface area (Å²) in [7, 11) is 1.40. The summed E-state index contributed by atoms with van der Waals surface area (Å²) in [6.07, 6.45) is 0. The number of halogens is 1. The highest BCUT2D eigenvalue weighted by molar-refractivity contribution is 6.01. The Hall–Kier alpha value is -2.96. The van der Waals surface area contributed by atoms with Crippen LogP contribution in [0.2, 0.25) is 0 Å². The van der Waals surface area contributed by atoms with Crippen LogP contribution in [-0.2, 0) is 6.54 Å². The van der Waals surface area contributed by atoms with Crippen LogP contribution in [0, 0.1) is 17.7 Å². The maximum absolute atomic E-state index is 13.9. The van der Waals surface area contributed by atoms with Crippen molar-refractivity contribution in [1.82, 2.24) is 5.32 Å². The largest absolute Gasteiger partial charge is 0.494 e. The van der Waals surface area contributed by atoms with Crippen molar-refractivity contribution in [3.05, 3.63) is 47.3 Å². The van der Waals surface area contributed by atoms with E-state index in [1.54, 1.807) is 18.2 Å². The van der Waals surface area contributed by atoms with Crippen LogP contribution < -0.4 is 25.3 Å². The van der Waals surface area contributed by atoms with E-state index >= 15 is 0 Å². The molecule has 2 aromatic carbocycles. The molecule has 0 saturated heterocycles. The number of carbonyl (C=O) groups is 1. The molecule has 0 saturated carbocycles. The Kier molecular flexibility index (Phi) is 8.33. The van der Waals surface area contributed by atoms with Crippen molar-refractivity contribution in [2.45, 2.75) is 34.2 Å². The molecule has 1 amide bonds. The number of nitrogen functional groups attached to an aromatic ring is 1. The molecule has 7 heteroatoms. The lowest BCUT2D eigenvalue weighted by Gasteiger charge is -2.19. The van der Waals surface area contributed by atoms with E-state index in [9.17, 15) is 9.18 Å². The van der Waals surface area contributed by atoms with Gasteiger partial charge in [0.25, 0.3) is 5.91 Å². The van der Waals surface area contributed by atoms with Gasteiger partial charge in [-0.1, -0.05) is 33.8 Å². The van der Waals surface area contributed by atoms with E-state index < -0.39 is 11.7 Å². The van der Waals surface area contributed by atoms with Crippen LogP contribution in [0.1, 0.15) is 43.6 Å². The van der Waals surface area contributed by atoms with Gasteiger partial charge in [-0.2, -0.15) is 0 Å². The molecule has 0 fully saturated rings. The summed E-state index contributed by atoms with van der Waals surface area (Å²) in [6.45, 7) is 9.03. The standard InChI is InChI=1S/C23H31FN2O4/c1-14(2)12-29-20-9-7-18(25)22(30-13-15(3)4)21(20)23(27)26-11-16-6-8-19(28-5)17(24)10-16/h6-10,14-15H,11-13,25H2,1-5H3,(H,26,27). The molecule has 0 aliphatic carbocycles. The van der Waals surface area contributed by atoms with Crippen LogP contribution in [0.15, 0.2) is 30.3 Å². The summed E-state index contributed by atoms with van der Waals surface area (Å²) in [5, 5.41) is 2.80. The molecule has 0 aromatic heterocycles. The number of hydrogen-bond acceptors (Lipinski definition) is 5. The number of rotatable bonds is 10. The van der Waals surface area contributed by atoms with E-state index in [0.29, 0.717) is 36.0 Å².